The average Bonchev–Trinajstić information content (AvgIpc) is 3.11. The molecule has 6 nitrogen and oxygen atoms in total. The zero-order chi connectivity index (χ0) is 13.2. The SMILES string of the molecule is O=C(O)c1cc(-c2ccc(-c3ncc[nH]3)cc2)no1. The molecule has 0 saturated heterocycles. The number of nitrogens with zero attached hydrogens (tertiary/aromatic N) is 2. The molecule has 19 heavy (non-hydrogen) atoms. The van der Waals surface area contributed by atoms with Crippen LogP contribution in [0.1, 0.15) is 10.6 Å². The van der Waals surface area contributed by atoms with Crippen LogP contribution in [0.25, 0.3) is 22.6 Å². The van der Waals surface area contributed by atoms with Crippen LogP contribution in [0.15, 0.2) is 47.2 Å². The van der Waals surface area contributed by atoms with Crippen molar-refractivity contribution in [1.82, 2.24) is 15.1 Å². The van der Waals surface area contributed by atoms with Gasteiger partial charge in [0.1, 0.15) is 11.5 Å². The van der Waals surface area contributed by atoms with Crippen LogP contribution in [0.4, 0.5) is 0 Å². The maximum Gasteiger partial charge on any atom is 0.374 e. The third-order valence-electron chi connectivity index (χ3n) is 2.67. The number of benzene rings is 1. The van der Waals surface area contributed by atoms with Crippen LogP contribution in [0.5, 0.6) is 0 Å². The number of aromatic carboxylic acids is 1. The molecule has 0 amide bonds. The quantitative estimate of drug-likeness (QED) is 0.749. The van der Waals surface area contributed by atoms with Gasteiger partial charge in [0.15, 0.2) is 0 Å². The van der Waals surface area contributed by atoms with E-state index in [1.807, 2.05) is 24.3 Å². The molecule has 0 aliphatic carbocycles. The fourth-order valence-corrected chi connectivity index (χ4v) is 1.73. The van der Waals surface area contributed by atoms with Crippen molar-refractivity contribution in [2.24, 2.45) is 0 Å². The maximum atomic E-state index is 10.7. The summed E-state index contributed by atoms with van der Waals surface area (Å²) in [6.45, 7) is 0. The second-order valence-electron chi connectivity index (χ2n) is 3.90. The molecule has 0 fully saturated rings. The molecule has 0 aliphatic heterocycles. The molecule has 6 heteroatoms. The Hall–Kier alpha value is -2.89. The van der Waals surface area contributed by atoms with E-state index in [0.29, 0.717) is 5.69 Å². The largest absolute Gasteiger partial charge is 0.475 e. The molecular formula is C13H9N3O3. The Labute approximate surface area is 107 Å². The molecule has 0 radical (unpaired) electrons. The number of carbonyl (C=O) groups is 1. The lowest BCUT2D eigenvalue weighted by atomic mass is 10.1. The van der Waals surface area contributed by atoms with E-state index in [2.05, 4.69) is 15.1 Å². The Morgan fingerprint density at radius 3 is 2.53 bits per heavy atom. The van der Waals surface area contributed by atoms with Gasteiger partial charge in [0.25, 0.3) is 0 Å². The Bertz CT molecular complexity index is 699. The van der Waals surface area contributed by atoms with Crippen molar-refractivity contribution in [3.8, 4) is 22.6 Å². The van der Waals surface area contributed by atoms with Crippen LogP contribution in [-0.2, 0) is 0 Å². The van der Waals surface area contributed by atoms with Gasteiger partial charge in [0.2, 0.25) is 5.76 Å². The first-order valence-corrected chi connectivity index (χ1v) is 5.54. The number of rotatable bonds is 3. The molecule has 0 spiro atoms. The van der Waals surface area contributed by atoms with Crippen molar-refractivity contribution in [2.45, 2.75) is 0 Å². The summed E-state index contributed by atoms with van der Waals surface area (Å²) in [5, 5.41) is 12.5. The van der Waals surface area contributed by atoms with Crippen molar-refractivity contribution in [2.75, 3.05) is 0 Å². The summed E-state index contributed by atoms with van der Waals surface area (Å²) in [6.07, 6.45) is 3.43. The lowest BCUT2D eigenvalue weighted by Crippen LogP contribution is -1.91. The third kappa shape index (κ3) is 2.11. The topological polar surface area (TPSA) is 92.0 Å². The van der Waals surface area contributed by atoms with Gasteiger partial charge < -0.3 is 14.6 Å². The highest BCUT2D eigenvalue weighted by atomic mass is 16.5. The summed E-state index contributed by atoms with van der Waals surface area (Å²) in [5.74, 6) is -0.533. The second-order valence-corrected chi connectivity index (χ2v) is 3.90. The maximum absolute atomic E-state index is 10.7. The van der Waals surface area contributed by atoms with Gasteiger partial charge in [0, 0.05) is 29.6 Å². The van der Waals surface area contributed by atoms with E-state index in [4.69, 9.17) is 9.63 Å². The van der Waals surface area contributed by atoms with Gasteiger partial charge in [-0.25, -0.2) is 9.78 Å². The van der Waals surface area contributed by atoms with Crippen molar-refractivity contribution in [3.63, 3.8) is 0 Å². The Morgan fingerprint density at radius 2 is 1.95 bits per heavy atom. The minimum absolute atomic E-state index is 0.176. The molecule has 0 aliphatic rings. The zero-order valence-electron chi connectivity index (χ0n) is 9.70. The number of imidazole rings is 1. The summed E-state index contributed by atoms with van der Waals surface area (Å²) in [5.41, 5.74) is 2.21. The summed E-state index contributed by atoms with van der Waals surface area (Å²) >= 11 is 0. The van der Waals surface area contributed by atoms with Crippen molar-refractivity contribution in [3.05, 3.63) is 48.5 Å². The van der Waals surface area contributed by atoms with Crippen LogP contribution in [0.3, 0.4) is 0 Å². The van der Waals surface area contributed by atoms with Crippen LogP contribution in [0, 0.1) is 0 Å². The van der Waals surface area contributed by atoms with E-state index >= 15 is 0 Å². The number of carboxylic acid groups (broad SMARTS) is 1. The van der Waals surface area contributed by atoms with Crippen LogP contribution in [-0.4, -0.2) is 26.2 Å². The third-order valence-corrected chi connectivity index (χ3v) is 2.67. The average molecular weight is 255 g/mol. The summed E-state index contributed by atoms with van der Waals surface area (Å²) < 4.78 is 4.71. The molecule has 0 atom stereocenters. The van der Waals surface area contributed by atoms with Crippen LogP contribution >= 0.6 is 0 Å². The minimum Gasteiger partial charge on any atom is -0.475 e. The monoisotopic (exact) mass is 255 g/mol. The molecule has 1 aromatic carbocycles. The molecule has 3 rings (SSSR count). The number of aromatic amines is 1. The van der Waals surface area contributed by atoms with Gasteiger partial charge >= 0.3 is 5.97 Å². The van der Waals surface area contributed by atoms with Gasteiger partial charge in [0.05, 0.1) is 0 Å². The number of carboxylic acids is 1. The highest BCUT2D eigenvalue weighted by Gasteiger charge is 2.12. The highest BCUT2D eigenvalue weighted by Crippen LogP contribution is 2.22. The summed E-state index contributed by atoms with van der Waals surface area (Å²) in [4.78, 5) is 17.9. The first-order chi connectivity index (χ1) is 9.24. The predicted octanol–water partition coefficient (Wildman–Crippen LogP) is 2.43. The summed E-state index contributed by atoms with van der Waals surface area (Å²) in [7, 11) is 0. The second kappa shape index (κ2) is 4.41. The summed E-state index contributed by atoms with van der Waals surface area (Å²) in [6, 6.07) is 8.82. The Morgan fingerprint density at radius 1 is 1.21 bits per heavy atom. The first kappa shape index (κ1) is 11.2. The molecule has 0 bridgehead atoms. The highest BCUT2D eigenvalue weighted by molar-refractivity contribution is 5.85. The van der Waals surface area contributed by atoms with Gasteiger partial charge in [-0.15, -0.1) is 0 Å². The molecule has 0 saturated carbocycles. The van der Waals surface area contributed by atoms with Gasteiger partial charge in [-0.3, -0.25) is 0 Å². The smallest absolute Gasteiger partial charge is 0.374 e. The Kier molecular flexibility index (Phi) is 2.60. The molecule has 0 unspecified atom stereocenters. The normalized spacial score (nSPS) is 10.5. The van der Waals surface area contributed by atoms with Gasteiger partial charge in [-0.1, -0.05) is 29.4 Å². The number of H-pyrrole nitrogens is 1. The van der Waals surface area contributed by atoms with E-state index in [0.717, 1.165) is 17.0 Å². The van der Waals surface area contributed by atoms with Crippen LogP contribution in [0.2, 0.25) is 0 Å². The van der Waals surface area contributed by atoms with Crippen molar-refractivity contribution < 1.29 is 14.4 Å². The van der Waals surface area contributed by atoms with Crippen molar-refractivity contribution in [1.29, 1.82) is 0 Å². The molecule has 3 aromatic rings. The fraction of sp³-hybridized carbons (Fsp3) is 0. The molecular weight excluding hydrogens is 246 g/mol. The van der Waals surface area contributed by atoms with E-state index in [9.17, 15) is 4.79 Å². The number of aromatic nitrogens is 3. The minimum atomic E-state index is -1.13. The standard InChI is InChI=1S/C13H9N3O3/c17-13(18)11-7-10(16-19-11)8-1-3-9(4-2-8)12-14-5-6-15-12/h1-7H,(H,14,15)(H,17,18). The van der Waals surface area contributed by atoms with Crippen LogP contribution < -0.4 is 0 Å². The molecule has 2 N–H and O–H groups in total. The van der Waals surface area contributed by atoms with E-state index in [-0.39, 0.29) is 5.76 Å². The number of hydrogen-bond acceptors (Lipinski definition) is 4. The number of nitrogens with one attached hydrogen (secondary N) is 1. The number of hydrogen-bond donors (Lipinski definition) is 2. The van der Waals surface area contributed by atoms with E-state index in [1.165, 1.54) is 6.07 Å². The van der Waals surface area contributed by atoms with Gasteiger partial charge in [-0.05, 0) is 0 Å². The van der Waals surface area contributed by atoms with Crippen molar-refractivity contribution >= 4 is 5.97 Å². The lowest BCUT2D eigenvalue weighted by molar-refractivity contribution is 0.0652. The molecule has 2 aromatic heterocycles. The lowest BCUT2D eigenvalue weighted by Gasteiger charge is -1.98. The predicted molar refractivity (Wildman–Crippen MR) is 66.5 cm³/mol. The fourth-order valence-electron chi connectivity index (χ4n) is 1.73. The molecule has 94 valence electrons. The Balaban J connectivity index is 1.91. The van der Waals surface area contributed by atoms with E-state index in [1.54, 1.807) is 12.4 Å². The molecule has 2 heterocycles. The van der Waals surface area contributed by atoms with Gasteiger partial charge in [-0.2, -0.15) is 0 Å². The zero-order valence-corrected chi connectivity index (χ0v) is 9.70. The first-order valence-electron chi connectivity index (χ1n) is 5.54. The van der Waals surface area contributed by atoms with E-state index < -0.39 is 5.97 Å².